The first-order valence-corrected chi connectivity index (χ1v) is 9.50. The summed E-state index contributed by atoms with van der Waals surface area (Å²) in [5.74, 6) is -1.23. The monoisotopic (exact) mass is 411 g/mol. The topological polar surface area (TPSA) is 111 Å². The maximum Gasteiger partial charge on any atom is 0.325 e. The zero-order valence-corrected chi connectivity index (χ0v) is 16.3. The molecule has 29 heavy (non-hydrogen) atoms. The van der Waals surface area contributed by atoms with Gasteiger partial charge in [-0.25, -0.2) is 4.98 Å². The highest BCUT2D eigenvalue weighted by atomic mass is 32.1. The molecule has 0 aliphatic rings. The SMILES string of the molecule is Cc1ccc(-c2nc(COC(=O)CNC(=O)c3cccc([N+](=O)[O-])c3)cs2)cc1. The van der Waals surface area contributed by atoms with Crippen LogP contribution in [0.5, 0.6) is 0 Å². The summed E-state index contributed by atoms with van der Waals surface area (Å²) in [7, 11) is 0. The van der Waals surface area contributed by atoms with Gasteiger partial charge in [0.05, 0.1) is 10.6 Å². The van der Waals surface area contributed by atoms with Crippen molar-refractivity contribution >= 4 is 28.9 Å². The molecule has 2 aromatic carbocycles. The minimum atomic E-state index is -0.631. The number of rotatable bonds is 7. The zero-order valence-electron chi connectivity index (χ0n) is 15.5. The number of aryl methyl sites for hydroxylation is 1. The van der Waals surface area contributed by atoms with Crippen molar-refractivity contribution in [3.8, 4) is 10.6 Å². The lowest BCUT2D eigenvalue weighted by Crippen LogP contribution is -2.30. The summed E-state index contributed by atoms with van der Waals surface area (Å²) in [6.45, 7) is 1.65. The largest absolute Gasteiger partial charge is 0.458 e. The summed E-state index contributed by atoms with van der Waals surface area (Å²) in [4.78, 5) is 38.5. The summed E-state index contributed by atoms with van der Waals surface area (Å²) in [6.07, 6.45) is 0. The second-order valence-corrected chi connectivity index (χ2v) is 7.02. The number of nitrogens with zero attached hydrogens (tertiary/aromatic N) is 2. The summed E-state index contributed by atoms with van der Waals surface area (Å²) >= 11 is 1.45. The molecule has 0 radical (unpaired) electrons. The molecule has 1 heterocycles. The van der Waals surface area contributed by atoms with Crippen LogP contribution in [0.25, 0.3) is 10.6 Å². The molecule has 8 nitrogen and oxygen atoms in total. The van der Waals surface area contributed by atoms with Crippen molar-refractivity contribution in [2.24, 2.45) is 0 Å². The molecule has 0 saturated heterocycles. The minimum Gasteiger partial charge on any atom is -0.458 e. The van der Waals surface area contributed by atoms with Crippen LogP contribution in [-0.4, -0.2) is 28.3 Å². The molecule has 0 aliphatic carbocycles. The van der Waals surface area contributed by atoms with E-state index < -0.39 is 16.8 Å². The number of hydrogen-bond acceptors (Lipinski definition) is 7. The van der Waals surface area contributed by atoms with Crippen molar-refractivity contribution in [3.63, 3.8) is 0 Å². The summed E-state index contributed by atoms with van der Waals surface area (Å²) in [6, 6.07) is 13.2. The Balaban J connectivity index is 1.49. The Labute approximate surface area is 170 Å². The van der Waals surface area contributed by atoms with Gasteiger partial charge in [-0.3, -0.25) is 19.7 Å². The molecular formula is C20H17N3O5S. The van der Waals surface area contributed by atoms with Gasteiger partial charge in [0.25, 0.3) is 11.6 Å². The second kappa shape index (κ2) is 9.07. The van der Waals surface area contributed by atoms with Crippen LogP contribution in [0.4, 0.5) is 5.69 Å². The van der Waals surface area contributed by atoms with Crippen molar-refractivity contribution in [2.75, 3.05) is 6.54 Å². The number of ether oxygens (including phenoxy) is 1. The molecule has 148 valence electrons. The quantitative estimate of drug-likeness (QED) is 0.362. The number of nitrogens with one attached hydrogen (secondary N) is 1. The molecule has 1 N–H and O–H groups in total. The number of carbonyl (C=O) groups is 2. The highest BCUT2D eigenvalue weighted by Gasteiger charge is 2.13. The van der Waals surface area contributed by atoms with E-state index in [9.17, 15) is 19.7 Å². The molecule has 1 aromatic heterocycles. The van der Waals surface area contributed by atoms with Crippen LogP contribution in [0.15, 0.2) is 53.9 Å². The van der Waals surface area contributed by atoms with Crippen LogP contribution >= 0.6 is 11.3 Å². The van der Waals surface area contributed by atoms with Crippen molar-refractivity contribution in [2.45, 2.75) is 13.5 Å². The molecular weight excluding hydrogens is 394 g/mol. The zero-order chi connectivity index (χ0) is 20.8. The molecule has 3 rings (SSSR count). The van der Waals surface area contributed by atoms with Crippen LogP contribution in [0, 0.1) is 17.0 Å². The predicted octanol–water partition coefficient (Wildman–Crippen LogP) is 3.50. The predicted molar refractivity (Wildman–Crippen MR) is 108 cm³/mol. The lowest BCUT2D eigenvalue weighted by Gasteiger charge is -2.05. The fraction of sp³-hybridized carbons (Fsp3) is 0.150. The number of esters is 1. The standard InChI is InChI=1S/C20H17N3O5S/c1-13-5-7-14(8-6-13)20-22-16(12-29-20)11-28-18(24)10-21-19(25)15-3-2-4-17(9-15)23(26)27/h2-9,12H,10-11H2,1H3,(H,21,25). The number of benzene rings is 2. The van der Waals surface area contributed by atoms with Crippen LogP contribution in [0.3, 0.4) is 0 Å². The van der Waals surface area contributed by atoms with Crippen LogP contribution in [0.1, 0.15) is 21.6 Å². The Bertz CT molecular complexity index is 1050. The van der Waals surface area contributed by atoms with Crippen molar-refractivity contribution in [3.05, 3.63) is 80.8 Å². The number of thiazole rings is 1. The first-order valence-electron chi connectivity index (χ1n) is 8.62. The van der Waals surface area contributed by atoms with Crippen molar-refractivity contribution in [1.29, 1.82) is 0 Å². The fourth-order valence-electron chi connectivity index (χ4n) is 2.42. The third-order valence-electron chi connectivity index (χ3n) is 3.94. The van der Waals surface area contributed by atoms with Gasteiger partial charge in [-0.15, -0.1) is 11.3 Å². The van der Waals surface area contributed by atoms with E-state index in [1.54, 1.807) is 0 Å². The Morgan fingerprint density at radius 1 is 1.21 bits per heavy atom. The van der Waals surface area contributed by atoms with Crippen molar-refractivity contribution < 1.29 is 19.2 Å². The average molecular weight is 411 g/mol. The number of hydrogen-bond donors (Lipinski definition) is 1. The lowest BCUT2D eigenvalue weighted by molar-refractivity contribution is -0.384. The Hall–Kier alpha value is -3.59. The third-order valence-corrected chi connectivity index (χ3v) is 4.88. The Morgan fingerprint density at radius 3 is 2.69 bits per heavy atom. The number of non-ortho nitro benzene ring substituents is 1. The lowest BCUT2D eigenvalue weighted by atomic mass is 10.2. The van der Waals surface area contributed by atoms with Gasteiger partial charge in [-0.1, -0.05) is 35.9 Å². The number of nitro benzene ring substituents is 1. The molecule has 0 spiro atoms. The Morgan fingerprint density at radius 2 is 1.97 bits per heavy atom. The summed E-state index contributed by atoms with van der Waals surface area (Å²) in [5.41, 5.74) is 2.65. The smallest absolute Gasteiger partial charge is 0.325 e. The summed E-state index contributed by atoms with van der Waals surface area (Å²) < 4.78 is 5.13. The van der Waals surface area contributed by atoms with E-state index in [2.05, 4.69) is 10.3 Å². The second-order valence-electron chi connectivity index (χ2n) is 6.16. The van der Waals surface area contributed by atoms with E-state index in [1.165, 1.54) is 29.5 Å². The maximum atomic E-state index is 12.0. The molecule has 0 aliphatic heterocycles. The van der Waals surface area contributed by atoms with E-state index >= 15 is 0 Å². The highest BCUT2D eigenvalue weighted by Crippen LogP contribution is 2.24. The first kappa shape index (κ1) is 20.2. The molecule has 3 aromatic rings. The van der Waals surface area contributed by atoms with Gasteiger partial charge in [0.2, 0.25) is 0 Å². The molecule has 0 unspecified atom stereocenters. The van der Waals surface area contributed by atoms with Crippen LogP contribution in [-0.2, 0) is 16.1 Å². The molecule has 0 saturated carbocycles. The van der Waals surface area contributed by atoms with Gasteiger partial charge in [0, 0.05) is 28.6 Å². The number of aromatic nitrogens is 1. The number of nitro groups is 1. The van der Waals surface area contributed by atoms with Gasteiger partial charge in [0.1, 0.15) is 18.2 Å². The first-order chi connectivity index (χ1) is 13.9. The van der Waals surface area contributed by atoms with E-state index in [4.69, 9.17) is 4.74 Å². The number of amides is 1. The molecule has 0 bridgehead atoms. The van der Waals surface area contributed by atoms with Gasteiger partial charge < -0.3 is 10.1 Å². The molecule has 0 atom stereocenters. The van der Waals surface area contributed by atoms with Gasteiger partial charge in [-0.05, 0) is 13.0 Å². The van der Waals surface area contributed by atoms with Crippen molar-refractivity contribution in [1.82, 2.24) is 10.3 Å². The molecule has 1 amide bonds. The average Bonchev–Trinajstić information content (AvgIpc) is 3.20. The normalized spacial score (nSPS) is 10.4. The van der Waals surface area contributed by atoms with E-state index in [0.29, 0.717) is 5.69 Å². The van der Waals surface area contributed by atoms with Crippen LogP contribution < -0.4 is 5.32 Å². The fourth-order valence-corrected chi connectivity index (χ4v) is 3.23. The third kappa shape index (κ3) is 5.45. The Kier molecular flexibility index (Phi) is 6.30. The van der Waals surface area contributed by atoms with Crippen LogP contribution in [0.2, 0.25) is 0 Å². The maximum absolute atomic E-state index is 12.0. The summed E-state index contributed by atoms with van der Waals surface area (Å²) in [5, 5.41) is 15.8. The van der Waals surface area contributed by atoms with Gasteiger partial charge in [0.15, 0.2) is 0 Å². The van der Waals surface area contributed by atoms with E-state index in [1.807, 2.05) is 36.6 Å². The molecule has 9 heteroatoms. The van der Waals surface area contributed by atoms with Gasteiger partial charge >= 0.3 is 5.97 Å². The van der Waals surface area contributed by atoms with E-state index in [-0.39, 0.29) is 24.4 Å². The highest BCUT2D eigenvalue weighted by molar-refractivity contribution is 7.13. The molecule has 0 fully saturated rings. The van der Waals surface area contributed by atoms with Gasteiger partial charge in [-0.2, -0.15) is 0 Å². The number of carbonyl (C=O) groups excluding carboxylic acids is 2. The minimum absolute atomic E-state index is 0.00608. The van der Waals surface area contributed by atoms with E-state index in [0.717, 1.165) is 22.2 Å².